The lowest BCUT2D eigenvalue weighted by Gasteiger charge is -2.31. The fraction of sp³-hybridized carbons (Fsp3) is 0.189. The Hall–Kier alpha value is -4.80. The smallest absolute Gasteiger partial charge is 0.321 e. The van der Waals surface area contributed by atoms with Crippen molar-refractivity contribution in [3.8, 4) is 0 Å². The van der Waals surface area contributed by atoms with Crippen LogP contribution in [0.3, 0.4) is 0 Å². The molecular weight excluding hydrogens is 633 g/mol. The summed E-state index contributed by atoms with van der Waals surface area (Å²) >= 11 is 0. The molecule has 4 aromatic rings. The molecule has 1 unspecified atom stereocenters. The lowest BCUT2D eigenvalue weighted by Crippen LogP contribution is -2.44. The van der Waals surface area contributed by atoms with E-state index in [-0.39, 0.29) is 22.9 Å². The molecule has 1 heterocycles. The molecule has 10 heteroatoms. The number of hydrogen-bond donors (Lipinski definition) is 0. The molecule has 0 bridgehead atoms. The molecule has 0 radical (unpaired) electrons. The van der Waals surface area contributed by atoms with Gasteiger partial charge in [0.25, 0.3) is 20.0 Å². The van der Waals surface area contributed by atoms with E-state index in [4.69, 9.17) is 4.74 Å². The van der Waals surface area contributed by atoms with Crippen LogP contribution in [0.25, 0.3) is 11.1 Å². The zero-order valence-electron chi connectivity index (χ0n) is 26.3. The van der Waals surface area contributed by atoms with Gasteiger partial charge in [0.1, 0.15) is 5.92 Å². The summed E-state index contributed by atoms with van der Waals surface area (Å²) in [6.07, 6.45) is 0.440. The number of esters is 1. The van der Waals surface area contributed by atoms with Crippen molar-refractivity contribution in [2.45, 2.75) is 37.0 Å². The topological polar surface area (TPSA) is 110 Å². The second-order valence-corrected chi connectivity index (χ2v) is 15.0. The van der Waals surface area contributed by atoms with E-state index >= 15 is 0 Å². The molecular formula is C37H34N2O6S2. The van der Waals surface area contributed by atoms with Crippen molar-refractivity contribution in [1.82, 2.24) is 4.31 Å². The SMILES string of the molecule is CCOC(=O)C1C(c2ccccc2)=C2CC(c3ccccc3)=C2CN(S(=O)(=O)c2ccc(C)cc2)/C1=N\S(=O)(=O)c1ccc(C)cc1. The van der Waals surface area contributed by atoms with Crippen molar-refractivity contribution < 1.29 is 26.4 Å². The third kappa shape index (κ3) is 6.18. The molecule has 0 amide bonds. The highest BCUT2D eigenvalue weighted by Gasteiger charge is 2.47. The first-order chi connectivity index (χ1) is 22.5. The Labute approximate surface area is 275 Å². The van der Waals surface area contributed by atoms with Crippen molar-refractivity contribution in [1.29, 1.82) is 0 Å². The summed E-state index contributed by atoms with van der Waals surface area (Å²) < 4.78 is 68.2. The number of rotatable bonds is 8. The number of aryl methyl sites for hydroxylation is 2. The molecule has 240 valence electrons. The van der Waals surface area contributed by atoms with E-state index in [9.17, 15) is 21.6 Å². The molecule has 4 aromatic carbocycles. The van der Waals surface area contributed by atoms with Gasteiger partial charge in [-0.2, -0.15) is 8.42 Å². The number of carbonyl (C=O) groups is 1. The highest BCUT2D eigenvalue weighted by atomic mass is 32.2. The number of sulfonamides is 2. The Balaban J connectivity index is 1.70. The zero-order chi connectivity index (χ0) is 33.3. The normalized spacial score (nSPS) is 17.6. The first-order valence-electron chi connectivity index (χ1n) is 15.2. The van der Waals surface area contributed by atoms with Gasteiger partial charge in [-0.05, 0) is 84.9 Å². The number of amidine groups is 1. The van der Waals surface area contributed by atoms with Crippen LogP contribution in [0.5, 0.6) is 0 Å². The molecule has 8 nitrogen and oxygen atoms in total. The average Bonchev–Trinajstić information content (AvgIpc) is 3.15. The van der Waals surface area contributed by atoms with Crippen molar-refractivity contribution in [3.63, 3.8) is 0 Å². The molecule has 0 aromatic heterocycles. The maximum absolute atomic E-state index is 14.7. The third-order valence-electron chi connectivity index (χ3n) is 8.38. The van der Waals surface area contributed by atoms with E-state index in [1.54, 1.807) is 31.2 Å². The minimum atomic E-state index is -4.51. The second-order valence-electron chi connectivity index (χ2n) is 11.5. The van der Waals surface area contributed by atoms with E-state index in [1.165, 1.54) is 24.3 Å². The predicted octanol–water partition coefficient (Wildman–Crippen LogP) is 6.59. The Morgan fingerprint density at radius 1 is 0.723 bits per heavy atom. The van der Waals surface area contributed by atoms with Crippen LogP contribution in [0, 0.1) is 19.8 Å². The quantitative estimate of drug-likeness (QED) is 0.197. The maximum Gasteiger partial charge on any atom is 0.321 e. The minimum absolute atomic E-state index is 0.00655. The number of ether oxygens (including phenoxy) is 1. The fourth-order valence-corrected chi connectivity index (χ4v) is 8.45. The van der Waals surface area contributed by atoms with Gasteiger partial charge in [-0.1, -0.05) is 96.1 Å². The maximum atomic E-state index is 14.7. The summed E-state index contributed by atoms with van der Waals surface area (Å²) in [5, 5.41) is 0. The van der Waals surface area contributed by atoms with Gasteiger partial charge in [0.05, 0.1) is 22.9 Å². The van der Waals surface area contributed by atoms with Gasteiger partial charge in [0, 0.05) is 0 Å². The highest BCUT2D eigenvalue weighted by molar-refractivity contribution is 7.91. The molecule has 0 N–H and O–H groups in total. The van der Waals surface area contributed by atoms with Crippen molar-refractivity contribution in [3.05, 3.63) is 143 Å². The van der Waals surface area contributed by atoms with Crippen LogP contribution in [0.2, 0.25) is 0 Å². The monoisotopic (exact) mass is 666 g/mol. The van der Waals surface area contributed by atoms with E-state index in [2.05, 4.69) is 4.40 Å². The molecule has 0 saturated carbocycles. The van der Waals surface area contributed by atoms with Gasteiger partial charge in [-0.25, -0.2) is 12.7 Å². The van der Waals surface area contributed by atoms with Gasteiger partial charge < -0.3 is 4.74 Å². The molecule has 2 aliphatic rings. The van der Waals surface area contributed by atoms with Gasteiger partial charge in [0.2, 0.25) is 0 Å². The third-order valence-corrected chi connectivity index (χ3v) is 11.4. The predicted molar refractivity (Wildman–Crippen MR) is 182 cm³/mol. The van der Waals surface area contributed by atoms with Crippen molar-refractivity contribution >= 4 is 43.0 Å². The van der Waals surface area contributed by atoms with Gasteiger partial charge >= 0.3 is 5.97 Å². The Morgan fingerprint density at radius 3 is 1.81 bits per heavy atom. The van der Waals surface area contributed by atoms with Gasteiger partial charge in [-0.3, -0.25) is 4.79 Å². The van der Waals surface area contributed by atoms with Crippen LogP contribution in [-0.2, 0) is 29.6 Å². The number of hydrogen-bond acceptors (Lipinski definition) is 6. The lowest BCUT2D eigenvalue weighted by atomic mass is 9.73. The summed E-state index contributed by atoms with van der Waals surface area (Å²) in [5.41, 5.74) is 6.07. The Morgan fingerprint density at radius 2 is 1.26 bits per heavy atom. The second kappa shape index (κ2) is 12.8. The van der Waals surface area contributed by atoms with E-state index < -0.39 is 37.8 Å². The van der Waals surface area contributed by atoms with Crippen LogP contribution >= 0.6 is 0 Å². The number of nitrogens with zero attached hydrogens (tertiary/aromatic N) is 2. The largest absolute Gasteiger partial charge is 0.465 e. The first kappa shape index (κ1) is 32.2. The summed E-state index contributed by atoms with van der Waals surface area (Å²) in [7, 11) is -8.96. The molecule has 1 aliphatic heterocycles. The summed E-state index contributed by atoms with van der Waals surface area (Å²) in [6, 6.07) is 31.1. The van der Waals surface area contributed by atoms with Crippen LogP contribution in [-0.4, -0.2) is 46.1 Å². The fourth-order valence-electron chi connectivity index (χ4n) is 5.94. The van der Waals surface area contributed by atoms with E-state index in [1.807, 2.05) is 74.5 Å². The van der Waals surface area contributed by atoms with Gasteiger partial charge in [0.15, 0.2) is 5.84 Å². The number of allylic oxidation sites excluding steroid dienone is 1. The molecule has 1 atom stereocenters. The van der Waals surface area contributed by atoms with E-state index in [0.29, 0.717) is 23.1 Å². The number of benzene rings is 4. The number of carbonyl (C=O) groups excluding carboxylic acids is 1. The number of fused-ring (bicyclic) bond motifs is 1. The molecule has 6 rings (SSSR count). The average molecular weight is 667 g/mol. The van der Waals surface area contributed by atoms with Crippen LogP contribution < -0.4 is 0 Å². The molecule has 47 heavy (non-hydrogen) atoms. The summed E-state index contributed by atoms with van der Waals surface area (Å²) in [4.78, 5) is 13.9. The molecule has 1 aliphatic carbocycles. The van der Waals surface area contributed by atoms with Gasteiger partial charge in [-0.15, -0.1) is 4.40 Å². The molecule has 0 spiro atoms. The van der Waals surface area contributed by atoms with Crippen molar-refractivity contribution in [2.24, 2.45) is 10.3 Å². The van der Waals surface area contributed by atoms with E-state index in [0.717, 1.165) is 32.1 Å². The summed E-state index contributed by atoms with van der Waals surface area (Å²) in [6.45, 7) is 5.07. The van der Waals surface area contributed by atoms with Crippen LogP contribution in [0.4, 0.5) is 0 Å². The Bertz CT molecular complexity index is 2140. The highest BCUT2D eigenvalue weighted by Crippen LogP contribution is 2.50. The van der Waals surface area contributed by atoms with Crippen LogP contribution in [0.15, 0.2) is 135 Å². The first-order valence-corrected chi connectivity index (χ1v) is 18.1. The van der Waals surface area contributed by atoms with Crippen LogP contribution in [0.1, 0.15) is 35.6 Å². The molecule has 0 fully saturated rings. The Kier molecular flexibility index (Phi) is 8.74. The lowest BCUT2D eigenvalue weighted by molar-refractivity contribution is -0.144. The minimum Gasteiger partial charge on any atom is -0.465 e. The standard InChI is InChI=1S/C37H34N2O6S2/c1-4-45-37(40)35-34(28-13-9-6-10-14-28)32-23-31(27-11-7-5-8-12-27)33(32)24-39(47(43,44)30-21-17-26(3)18-22-30)36(35)38-46(41,42)29-19-15-25(2)16-20-29/h5-22,35H,4,23-24H2,1-3H3/b38-36-. The molecule has 0 saturated heterocycles. The summed E-state index contributed by atoms with van der Waals surface area (Å²) in [5.74, 6) is -2.71. The zero-order valence-corrected chi connectivity index (χ0v) is 27.9. The van der Waals surface area contributed by atoms with Crippen molar-refractivity contribution in [2.75, 3.05) is 13.2 Å².